The van der Waals surface area contributed by atoms with Crippen LogP contribution >= 0.6 is 0 Å². The second-order valence-electron chi connectivity index (χ2n) is 6.61. The van der Waals surface area contributed by atoms with Gasteiger partial charge in [0.2, 0.25) is 0 Å². The molecule has 1 aromatic carbocycles. The van der Waals surface area contributed by atoms with Crippen molar-refractivity contribution >= 4 is 5.91 Å². The van der Waals surface area contributed by atoms with Crippen molar-refractivity contribution in [1.82, 2.24) is 10.6 Å². The predicted octanol–water partition coefficient (Wildman–Crippen LogP) is 3.03. The molecule has 0 spiro atoms. The van der Waals surface area contributed by atoms with Crippen molar-refractivity contribution in [2.24, 2.45) is 5.41 Å². The molecule has 0 radical (unpaired) electrons. The zero-order valence-corrected chi connectivity index (χ0v) is 13.0. The highest BCUT2D eigenvalue weighted by molar-refractivity contribution is 5.96. The third-order valence-corrected chi connectivity index (χ3v) is 5.42. The van der Waals surface area contributed by atoms with Crippen LogP contribution in [-0.4, -0.2) is 19.0 Å². The molecule has 3 rings (SSSR count). The highest BCUT2D eigenvalue weighted by Gasteiger charge is 2.32. The molecular formula is C18H26N2O. The fourth-order valence-corrected chi connectivity index (χ4v) is 3.89. The van der Waals surface area contributed by atoms with Gasteiger partial charge in [-0.1, -0.05) is 31.9 Å². The van der Waals surface area contributed by atoms with Crippen LogP contribution < -0.4 is 10.6 Å². The van der Waals surface area contributed by atoms with Gasteiger partial charge in [0.15, 0.2) is 0 Å². The maximum absolute atomic E-state index is 12.6. The minimum absolute atomic E-state index is 0.119. The molecule has 1 heterocycles. The van der Waals surface area contributed by atoms with E-state index in [4.69, 9.17) is 0 Å². The molecule has 1 aromatic rings. The number of carbonyl (C=O) groups is 1. The summed E-state index contributed by atoms with van der Waals surface area (Å²) in [7, 11) is 0. The second-order valence-corrected chi connectivity index (χ2v) is 6.61. The average molecular weight is 286 g/mol. The summed E-state index contributed by atoms with van der Waals surface area (Å²) in [4.78, 5) is 12.6. The summed E-state index contributed by atoms with van der Waals surface area (Å²) in [5.74, 6) is 0.119. The van der Waals surface area contributed by atoms with E-state index >= 15 is 0 Å². The average Bonchev–Trinajstić information content (AvgIpc) is 3.01. The van der Waals surface area contributed by atoms with E-state index < -0.39 is 0 Å². The fourth-order valence-electron chi connectivity index (χ4n) is 3.89. The first-order chi connectivity index (χ1) is 10.2. The van der Waals surface area contributed by atoms with E-state index in [1.54, 1.807) is 0 Å². The van der Waals surface area contributed by atoms with Gasteiger partial charge in [-0.15, -0.1) is 0 Å². The van der Waals surface area contributed by atoms with Gasteiger partial charge in [0.05, 0.1) is 0 Å². The lowest BCUT2D eigenvalue weighted by atomic mass is 9.83. The molecule has 1 fully saturated rings. The van der Waals surface area contributed by atoms with Crippen LogP contribution in [0.25, 0.3) is 0 Å². The van der Waals surface area contributed by atoms with Crippen LogP contribution in [0, 0.1) is 5.41 Å². The molecule has 0 atom stereocenters. The van der Waals surface area contributed by atoms with E-state index in [1.165, 1.54) is 43.2 Å². The molecule has 1 aliphatic carbocycles. The summed E-state index contributed by atoms with van der Waals surface area (Å²) in [5.41, 5.74) is 3.76. The van der Waals surface area contributed by atoms with E-state index in [0.717, 1.165) is 31.6 Å². The molecule has 1 aliphatic heterocycles. The molecule has 2 N–H and O–H groups in total. The Kier molecular flexibility index (Phi) is 4.29. The van der Waals surface area contributed by atoms with E-state index in [2.05, 4.69) is 23.6 Å². The maximum Gasteiger partial charge on any atom is 0.251 e. The van der Waals surface area contributed by atoms with Gasteiger partial charge in [-0.05, 0) is 54.8 Å². The summed E-state index contributed by atoms with van der Waals surface area (Å²) < 4.78 is 0. The molecule has 0 unspecified atom stereocenters. The number of hydrogen-bond donors (Lipinski definition) is 2. The quantitative estimate of drug-likeness (QED) is 0.893. The third-order valence-electron chi connectivity index (χ3n) is 5.42. The van der Waals surface area contributed by atoms with Crippen LogP contribution in [0.4, 0.5) is 0 Å². The van der Waals surface area contributed by atoms with Gasteiger partial charge in [-0.2, -0.15) is 0 Å². The topological polar surface area (TPSA) is 41.1 Å². The summed E-state index contributed by atoms with van der Waals surface area (Å²) in [6.45, 7) is 4.95. The summed E-state index contributed by atoms with van der Waals surface area (Å²) in [6, 6.07) is 6.11. The van der Waals surface area contributed by atoms with Crippen molar-refractivity contribution in [2.45, 2.75) is 52.0 Å². The molecule has 3 heteroatoms. The first-order valence-electron chi connectivity index (χ1n) is 8.34. The Labute approximate surface area is 127 Å². The molecular weight excluding hydrogens is 260 g/mol. The Bertz CT molecular complexity index is 518. The Balaban J connectivity index is 1.71. The van der Waals surface area contributed by atoms with Gasteiger partial charge in [0, 0.05) is 18.7 Å². The highest BCUT2D eigenvalue weighted by Crippen LogP contribution is 2.40. The Hall–Kier alpha value is -1.35. The molecule has 3 nitrogen and oxygen atoms in total. The Morgan fingerprint density at radius 2 is 2.14 bits per heavy atom. The summed E-state index contributed by atoms with van der Waals surface area (Å²) >= 11 is 0. The predicted molar refractivity (Wildman–Crippen MR) is 85.4 cm³/mol. The largest absolute Gasteiger partial charge is 0.351 e. The molecule has 0 aromatic heterocycles. The minimum Gasteiger partial charge on any atom is -0.351 e. The van der Waals surface area contributed by atoms with Crippen LogP contribution in [0.1, 0.15) is 60.5 Å². The summed E-state index contributed by atoms with van der Waals surface area (Å²) in [6.07, 6.45) is 7.29. The smallest absolute Gasteiger partial charge is 0.251 e. The molecule has 21 heavy (non-hydrogen) atoms. The van der Waals surface area contributed by atoms with Gasteiger partial charge in [-0.3, -0.25) is 4.79 Å². The number of hydrogen-bond acceptors (Lipinski definition) is 2. The number of nitrogens with one attached hydrogen (secondary N) is 2. The minimum atomic E-state index is 0.119. The van der Waals surface area contributed by atoms with Gasteiger partial charge >= 0.3 is 0 Å². The normalized spacial score (nSPS) is 20.0. The van der Waals surface area contributed by atoms with Crippen LogP contribution in [-0.2, 0) is 13.0 Å². The lowest BCUT2D eigenvalue weighted by molar-refractivity contribution is 0.0927. The van der Waals surface area contributed by atoms with Crippen molar-refractivity contribution in [2.75, 3.05) is 13.1 Å². The SMILES string of the molecule is CCC1(CNC(=O)c2cccc3c2CCNC3)CCCC1. The number of benzene rings is 1. The summed E-state index contributed by atoms with van der Waals surface area (Å²) in [5, 5.41) is 6.59. The maximum atomic E-state index is 12.6. The molecule has 0 saturated heterocycles. The van der Waals surface area contributed by atoms with Crippen molar-refractivity contribution in [3.8, 4) is 0 Å². The monoisotopic (exact) mass is 286 g/mol. The first kappa shape index (κ1) is 14.6. The van der Waals surface area contributed by atoms with Crippen molar-refractivity contribution < 1.29 is 4.79 Å². The van der Waals surface area contributed by atoms with Gasteiger partial charge in [0.25, 0.3) is 5.91 Å². The van der Waals surface area contributed by atoms with E-state index in [9.17, 15) is 4.79 Å². The number of rotatable bonds is 4. The molecule has 1 saturated carbocycles. The fraction of sp³-hybridized carbons (Fsp3) is 0.611. The van der Waals surface area contributed by atoms with E-state index in [0.29, 0.717) is 5.41 Å². The Morgan fingerprint density at radius 3 is 2.90 bits per heavy atom. The Morgan fingerprint density at radius 1 is 1.33 bits per heavy atom. The first-order valence-corrected chi connectivity index (χ1v) is 8.34. The lowest BCUT2D eigenvalue weighted by Gasteiger charge is -2.28. The number of amides is 1. The van der Waals surface area contributed by atoms with E-state index in [-0.39, 0.29) is 5.91 Å². The molecule has 0 bridgehead atoms. The van der Waals surface area contributed by atoms with Crippen molar-refractivity contribution in [3.05, 3.63) is 34.9 Å². The zero-order valence-electron chi connectivity index (χ0n) is 13.0. The molecule has 2 aliphatic rings. The van der Waals surface area contributed by atoms with Crippen LogP contribution in [0.5, 0.6) is 0 Å². The van der Waals surface area contributed by atoms with Crippen LogP contribution in [0.15, 0.2) is 18.2 Å². The second kappa shape index (κ2) is 6.18. The van der Waals surface area contributed by atoms with Crippen LogP contribution in [0.2, 0.25) is 0 Å². The van der Waals surface area contributed by atoms with Crippen molar-refractivity contribution in [3.63, 3.8) is 0 Å². The lowest BCUT2D eigenvalue weighted by Crippen LogP contribution is -2.36. The number of fused-ring (bicyclic) bond motifs is 1. The molecule has 1 amide bonds. The van der Waals surface area contributed by atoms with Crippen molar-refractivity contribution in [1.29, 1.82) is 0 Å². The standard InChI is InChI=1S/C18H26N2O/c1-2-18(9-3-4-10-18)13-20-17(21)16-7-5-6-14-12-19-11-8-15(14)16/h5-7,19H,2-4,8-13H2,1H3,(H,20,21). The molecule has 114 valence electrons. The van der Waals surface area contributed by atoms with Gasteiger partial charge in [-0.25, -0.2) is 0 Å². The zero-order chi connectivity index (χ0) is 14.7. The van der Waals surface area contributed by atoms with E-state index in [1.807, 2.05) is 12.1 Å². The van der Waals surface area contributed by atoms with Gasteiger partial charge < -0.3 is 10.6 Å². The van der Waals surface area contributed by atoms with Gasteiger partial charge in [0.1, 0.15) is 0 Å². The number of carbonyl (C=O) groups excluding carboxylic acids is 1. The van der Waals surface area contributed by atoms with Crippen LogP contribution in [0.3, 0.4) is 0 Å². The highest BCUT2D eigenvalue weighted by atomic mass is 16.1. The third kappa shape index (κ3) is 2.98.